The first-order chi connectivity index (χ1) is 13.2. The van der Waals surface area contributed by atoms with Gasteiger partial charge in [0.1, 0.15) is 0 Å². The van der Waals surface area contributed by atoms with E-state index in [4.69, 9.17) is 14.2 Å². The molecule has 0 aliphatic carbocycles. The molecule has 3 rings (SSSR count). The highest BCUT2D eigenvalue weighted by Gasteiger charge is 2.24. The monoisotopic (exact) mass is 374 g/mol. The molecule has 0 bridgehead atoms. The van der Waals surface area contributed by atoms with E-state index >= 15 is 0 Å². The lowest BCUT2D eigenvalue weighted by Gasteiger charge is -2.35. The molecule has 148 valence electrons. The first kappa shape index (κ1) is 19.7. The fourth-order valence-electron chi connectivity index (χ4n) is 3.56. The van der Waals surface area contributed by atoms with Crippen molar-refractivity contribution in [2.24, 2.45) is 0 Å². The van der Waals surface area contributed by atoms with Crippen LogP contribution in [0.25, 0.3) is 6.08 Å². The third-order valence-electron chi connectivity index (χ3n) is 5.08. The Kier molecular flexibility index (Phi) is 7.12. The molecule has 2 saturated heterocycles. The third-order valence-corrected chi connectivity index (χ3v) is 5.08. The molecule has 0 N–H and O–H groups in total. The molecule has 2 heterocycles. The number of amides is 1. The molecule has 0 radical (unpaired) electrons. The quantitative estimate of drug-likeness (QED) is 0.686. The molecule has 6 nitrogen and oxygen atoms in total. The SMILES string of the molecule is CCOc1ccc(/C=C/C(=O)N2CCN(CC3CCCO3)CC2)cc1OC. The van der Waals surface area contributed by atoms with Gasteiger partial charge in [0.2, 0.25) is 5.91 Å². The molecular weight excluding hydrogens is 344 g/mol. The van der Waals surface area contributed by atoms with E-state index in [0.29, 0.717) is 24.2 Å². The molecule has 27 heavy (non-hydrogen) atoms. The summed E-state index contributed by atoms with van der Waals surface area (Å²) in [4.78, 5) is 16.8. The predicted octanol–water partition coefficient (Wildman–Crippen LogP) is 2.43. The maximum atomic E-state index is 12.5. The Balaban J connectivity index is 1.50. The summed E-state index contributed by atoms with van der Waals surface area (Å²) >= 11 is 0. The number of piperazine rings is 1. The topological polar surface area (TPSA) is 51.2 Å². The predicted molar refractivity (Wildman–Crippen MR) is 105 cm³/mol. The molecule has 1 atom stereocenters. The number of benzene rings is 1. The van der Waals surface area contributed by atoms with Crippen LogP contribution in [0.5, 0.6) is 11.5 Å². The van der Waals surface area contributed by atoms with Gasteiger partial charge in [0.15, 0.2) is 11.5 Å². The van der Waals surface area contributed by atoms with Crippen molar-refractivity contribution in [3.63, 3.8) is 0 Å². The highest BCUT2D eigenvalue weighted by Crippen LogP contribution is 2.28. The van der Waals surface area contributed by atoms with Crippen molar-refractivity contribution in [3.05, 3.63) is 29.8 Å². The number of ether oxygens (including phenoxy) is 3. The van der Waals surface area contributed by atoms with Crippen LogP contribution in [0.1, 0.15) is 25.3 Å². The van der Waals surface area contributed by atoms with E-state index in [-0.39, 0.29) is 5.91 Å². The van der Waals surface area contributed by atoms with Crippen LogP contribution in [0, 0.1) is 0 Å². The van der Waals surface area contributed by atoms with E-state index in [9.17, 15) is 4.79 Å². The summed E-state index contributed by atoms with van der Waals surface area (Å²) in [6.07, 6.45) is 6.18. The van der Waals surface area contributed by atoms with E-state index in [1.807, 2.05) is 36.1 Å². The summed E-state index contributed by atoms with van der Waals surface area (Å²) in [6, 6.07) is 5.68. The Hall–Kier alpha value is -2.05. The first-order valence-electron chi connectivity index (χ1n) is 9.81. The van der Waals surface area contributed by atoms with Gasteiger partial charge in [-0.15, -0.1) is 0 Å². The zero-order valence-electron chi connectivity index (χ0n) is 16.4. The second-order valence-corrected chi connectivity index (χ2v) is 6.94. The highest BCUT2D eigenvalue weighted by atomic mass is 16.5. The lowest BCUT2D eigenvalue weighted by atomic mass is 10.1. The van der Waals surface area contributed by atoms with Gasteiger partial charge in [-0.2, -0.15) is 0 Å². The summed E-state index contributed by atoms with van der Waals surface area (Å²) < 4.78 is 16.6. The molecule has 1 aromatic carbocycles. The first-order valence-corrected chi connectivity index (χ1v) is 9.81. The van der Waals surface area contributed by atoms with Gasteiger partial charge in [-0.25, -0.2) is 0 Å². The van der Waals surface area contributed by atoms with Crippen LogP contribution in [0.15, 0.2) is 24.3 Å². The van der Waals surface area contributed by atoms with Gasteiger partial charge in [0.05, 0.1) is 19.8 Å². The smallest absolute Gasteiger partial charge is 0.246 e. The number of hydrogen-bond donors (Lipinski definition) is 0. The van der Waals surface area contributed by atoms with Crippen molar-refractivity contribution in [1.82, 2.24) is 9.80 Å². The molecule has 2 aliphatic rings. The van der Waals surface area contributed by atoms with Gasteiger partial charge in [0, 0.05) is 45.4 Å². The van der Waals surface area contributed by atoms with Crippen molar-refractivity contribution < 1.29 is 19.0 Å². The van der Waals surface area contributed by atoms with Crippen LogP contribution >= 0.6 is 0 Å². The zero-order chi connectivity index (χ0) is 19.1. The molecule has 0 spiro atoms. The van der Waals surface area contributed by atoms with Crippen molar-refractivity contribution >= 4 is 12.0 Å². The number of rotatable bonds is 7. The van der Waals surface area contributed by atoms with Gasteiger partial charge in [-0.1, -0.05) is 6.07 Å². The van der Waals surface area contributed by atoms with Crippen molar-refractivity contribution in [1.29, 1.82) is 0 Å². The van der Waals surface area contributed by atoms with Crippen LogP contribution in [0.4, 0.5) is 0 Å². The number of methoxy groups -OCH3 is 1. The van der Waals surface area contributed by atoms with Crippen LogP contribution in [0.2, 0.25) is 0 Å². The molecule has 6 heteroatoms. The average molecular weight is 374 g/mol. The number of carbonyl (C=O) groups excluding carboxylic acids is 1. The standard InChI is InChI=1S/C21H30N2O4/c1-3-26-19-8-6-17(15-20(19)25-2)7-9-21(24)23-12-10-22(11-13-23)16-18-5-4-14-27-18/h6-9,15,18H,3-5,10-14,16H2,1-2H3/b9-7+. The largest absolute Gasteiger partial charge is 0.493 e. The minimum absolute atomic E-state index is 0.0552. The Morgan fingerprint density at radius 1 is 1.26 bits per heavy atom. The van der Waals surface area contributed by atoms with E-state index in [1.165, 1.54) is 6.42 Å². The fourth-order valence-corrected chi connectivity index (χ4v) is 3.56. The van der Waals surface area contributed by atoms with Gasteiger partial charge >= 0.3 is 0 Å². The van der Waals surface area contributed by atoms with Crippen LogP contribution in [0.3, 0.4) is 0 Å². The number of carbonyl (C=O) groups is 1. The van der Waals surface area contributed by atoms with E-state index in [0.717, 1.165) is 51.3 Å². The van der Waals surface area contributed by atoms with Gasteiger partial charge in [0.25, 0.3) is 0 Å². The number of hydrogen-bond acceptors (Lipinski definition) is 5. The maximum absolute atomic E-state index is 12.5. The Bertz CT molecular complexity index is 648. The maximum Gasteiger partial charge on any atom is 0.246 e. The summed E-state index contributed by atoms with van der Waals surface area (Å²) in [5.41, 5.74) is 0.917. The second-order valence-electron chi connectivity index (χ2n) is 6.94. The fraction of sp³-hybridized carbons (Fsp3) is 0.571. The van der Waals surface area contributed by atoms with Crippen molar-refractivity contribution in [3.8, 4) is 11.5 Å². The summed E-state index contributed by atoms with van der Waals surface area (Å²) in [5.74, 6) is 1.44. The Morgan fingerprint density at radius 3 is 2.74 bits per heavy atom. The van der Waals surface area contributed by atoms with Gasteiger partial charge < -0.3 is 19.1 Å². The normalized spacial score (nSPS) is 21.0. The lowest BCUT2D eigenvalue weighted by Crippen LogP contribution is -2.50. The second kappa shape index (κ2) is 9.76. The molecule has 1 unspecified atom stereocenters. The molecule has 1 aromatic rings. The van der Waals surface area contributed by atoms with Gasteiger partial charge in [-0.05, 0) is 43.5 Å². The summed E-state index contributed by atoms with van der Waals surface area (Å²) in [6.45, 7) is 7.76. The van der Waals surface area contributed by atoms with Crippen LogP contribution in [-0.4, -0.2) is 74.9 Å². The zero-order valence-corrected chi connectivity index (χ0v) is 16.4. The molecule has 2 fully saturated rings. The van der Waals surface area contributed by atoms with E-state index in [1.54, 1.807) is 13.2 Å². The van der Waals surface area contributed by atoms with Crippen molar-refractivity contribution in [2.45, 2.75) is 25.9 Å². The van der Waals surface area contributed by atoms with E-state index < -0.39 is 0 Å². The molecule has 1 amide bonds. The molecule has 2 aliphatic heterocycles. The third kappa shape index (κ3) is 5.47. The molecule has 0 saturated carbocycles. The Labute approximate surface area is 161 Å². The highest BCUT2D eigenvalue weighted by molar-refractivity contribution is 5.92. The van der Waals surface area contributed by atoms with Crippen LogP contribution in [-0.2, 0) is 9.53 Å². The molecular formula is C21H30N2O4. The van der Waals surface area contributed by atoms with Crippen molar-refractivity contribution in [2.75, 3.05) is 53.0 Å². The minimum atomic E-state index is 0.0552. The van der Waals surface area contributed by atoms with E-state index in [2.05, 4.69) is 4.90 Å². The Morgan fingerprint density at radius 2 is 2.07 bits per heavy atom. The number of nitrogens with zero attached hydrogens (tertiary/aromatic N) is 2. The molecule has 0 aromatic heterocycles. The summed E-state index contributed by atoms with van der Waals surface area (Å²) in [5, 5.41) is 0. The minimum Gasteiger partial charge on any atom is -0.493 e. The van der Waals surface area contributed by atoms with Gasteiger partial charge in [-0.3, -0.25) is 9.69 Å². The lowest BCUT2D eigenvalue weighted by molar-refractivity contribution is -0.127. The summed E-state index contributed by atoms with van der Waals surface area (Å²) in [7, 11) is 1.62. The van der Waals surface area contributed by atoms with Crippen LogP contribution < -0.4 is 9.47 Å². The average Bonchev–Trinajstić information content (AvgIpc) is 3.20.